The number of piperazine rings is 1. The number of pyridine rings is 1. The van der Waals surface area contributed by atoms with E-state index in [-0.39, 0.29) is 29.7 Å². The van der Waals surface area contributed by atoms with Crippen molar-refractivity contribution in [3.63, 3.8) is 0 Å². The summed E-state index contributed by atoms with van der Waals surface area (Å²) in [4.78, 5) is 35.4. The molecule has 0 spiro atoms. The number of rotatable bonds is 4. The Balaban J connectivity index is 1.23. The van der Waals surface area contributed by atoms with Gasteiger partial charge in [-0.3, -0.25) is 9.59 Å². The van der Waals surface area contributed by atoms with Crippen LogP contribution >= 0.6 is 0 Å². The maximum atomic E-state index is 13.5. The smallest absolute Gasteiger partial charge is 0.226 e. The van der Waals surface area contributed by atoms with Crippen LogP contribution < -0.4 is 10.2 Å². The van der Waals surface area contributed by atoms with Gasteiger partial charge < -0.3 is 15.1 Å². The monoisotopic (exact) mass is 444 g/mol. The van der Waals surface area contributed by atoms with E-state index < -0.39 is 0 Å². The number of carbonyl (C=O) groups is 2. The van der Waals surface area contributed by atoms with E-state index in [9.17, 15) is 9.59 Å². The van der Waals surface area contributed by atoms with E-state index >= 15 is 0 Å². The highest BCUT2D eigenvalue weighted by Crippen LogP contribution is 2.32. The van der Waals surface area contributed by atoms with E-state index in [2.05, 4.69) is 45.6 Å². The Morgan fingerprint density at radius 3 is 2.45 bits per heavy atom. The van der Waals surface area contributed by atoms with Gasteiger partial charge in [0.1, 0.15) is 5.82 Å². The van der Waals surface area contributed by atoms with E-state index in [0.717, 1.165) is 38.2 Å². The van der Waals surface area contributed by atoms with Gasteiger partial charge in [0, 0.05) is 32.4 Å². The minimum atomic E-state index is -0.301. The maximum Gasteiger partial charge on any atom is 0.226 e. The van der Waals surface area contributed by atoms with Gasteiger partial charge in [0.25, 0.3) is 0 Å². The summed E-state index contributed by atoms with van der Waals surface area (Å²) in [5.74, 6) is 0.506. The highest BCUT2D eigenvalue weighted by Gasteiger charge is 2.38. The highest BCUT2D eigenvalue weighted by atomic mass is 16.2. The van der Waals surface area contributed by atoms with Crippen LogP contribution in [0.2, 0.25) is 0 Å². The topological polar surface area (TPSA) is 65.5 Å². The molecule has 172 valence electrons. The number of hydrogen-bond donors (Lipinski definition) is 1. The van der Waals surface area contributed by atoms with Gasteiger partial charge in [0.15, 0.2) is 0 Å². The van der Waals surface area contributed by atoms with Crippen molar-refractivity contribution in [2.75, 3.05) is 31.1 Å². The van der Waals surface area contributed by atoms with E-state index in [0.29, 0.717) is 25.9 Å². The van der Waals surface area contributed by atoms with Crippen LogP contribution in [-0.4, -0.2) is 47.9 Å². The van der Waals surface area contributed by atoms with E-state index in [1.807, 2.05) is 29.2 Å². The second kappa shape index (κ2) is 9.77. The molecule has 2 amide bonds. The number of carbonyl (C=O) groups excluding carboxylic acids is 2. The fourth-order valence-electron chi connectivity index (χ4n) is 5.49. The summed E-state index contributed by atoms with van der Waals surface area (Å²) in [6, 6.07) is 14.4. The molecule has 1 N–H and O–H groups in total. The lowest BCUT2D eigenvalue weighted by Gasteiger charge is -2.39. The Kier molecular flexibility index (Phi) is 6.42. The molecule has 2 unspecified atom stereocenters. The first-order chi connectivity index (χ1) is 16.2. The first kappa shape index (κ1) is 21.7. The van der Waals surface area contributed by atoms with Crippen molar-refractivity contribution in [3.8, 4) is 0 Å². The number of aryl methyl sites for hydroxylation is 1. The summed E-state index contributed by atoms with van der Waals surface area (Å²) in [6.07, 6.45) is 10.3. The zero-order valence-corrected chi connectivity index (χ0v) is 19.0. The van der Waals surface area contributed by atoms with Gasteiger partial charge in [-0.05, 0) is 55.4 Å². The average molecular weight is 445 g/mol. The maximum absolute atomic E-state index is 13.5. The van der Waals surface area contributed by atoms with Gasteiger partial charge >= 0.3 is 0 Å². The average Bonchev–Trinajstić information content (AvgIpc) is 2.89. The molecule has 5 rings (SSSR count). The van der Waals surface area contributed by atoms with Crippen molar-refractivity contribution < 1.29 is 9.59 Å². The molecule has 1 aromatic heterocycles. The number of amides is 2. The van der Waals surface area contributed by atoms with Gasteiger partial charge in [-0.25, -0.2) is 4.98 Å². The van der Waals surface area contributed by atoms with Crippen LogP contribution in [0.3, 0.4) is 0 Å². The standard InChI is InChI=1S/C27H32N4O2/c32-26(29-24-13-7-9-20-8-1-2-10-21(20)24)22-11-3-4-12-23(22)27(33)31-18-16-30(17-19-31)25-14-5-6-15-28-25/h1-6,8,10,14-15,22-24H,7,9,11-13,16-19H2,(H,29,32)/t22?,23?,24-/m1/s1. The summed E-state index contributed by atoms with van der Waals surface area (Å²) in [6.45, 7) is 2.86. The number of nitrogens with zero attached hydrogens (tertiary/aromatic N) is 3. The first-order valence-electron chi connectivity index (χ1n) is 12.2. The van der Waals surface area contributed by atoms with Crippen LogP contribution in [0.1, 0.15) is 42.9 Å². The minimum absolute atomic E-state index is 0.0199. The largest absolute Gasteiger partial charge is 0.353 e. The van der Waals surface area contributed by atoms with Crippen molar-refractivity contribution in [2.45, 2.75) is 38.1 Å². The molecule has 2 aromatic rings. The fourth-order valence-corrected chi connectivity index (χ4v) is 5.49. The summed E-state index contributed by atoms with van der Waals surface area (Å²) in [5, 5.41) is 3.30. The summed E-state index contributed by atoms with van der Waals surface area (Å²) in [7, 11) is 0. The predicted molar refractivity (Wildman–Crippen MR) is 129 cm³/mol. The molecule has 0 bridgehead atoms. The molecule has 6 heteroatoms. The van der Waals surface area contributed by atoms with E-state index in [1.165, 1.54) is 11.1 Å². The third-order valence-corrected chi connectivity index (χ3v) is 7.34. The third-order valence-electron chi connectivity index (χ3n) is 7.34. The van der Waals surface area contributed by atoms with Crippen LogP contribution in [0.15, 0.2) is 60.8 Å². The number of anilines is 1. The summed E-state index contributed by atoms with van der Waals surface area (Å²) in [5.41, 5.74) is 2.56. The molecular formula is C27H32N4O2. The fraction of sp³-hybridized carbons (Fsp3) is 0.444. The zero-order chi connectivity index (χ0) is 22.6. The van der Waals surface area contributed by atoms with Crippen LogP contribution in [0.25, 0.3) is 0 Å². The van der Waals surface area contributed by atoms with E-state index in [4.69, 9.17) is 0 Å². The van der Waals surface area contributed by atoms with Crippen LogP contribution in [0.5, 0.6) is 0 Å². The van der Waals surface area contributed by atoms with E-state index in [1.54, 1.807) is 6.20 Å². The Hall–Kier alpha value is -3.15. The van der Waals surface area contributed by atoms with Gasteiger partial charge in [-0.1, -0.05) is 42.5 Å². The molecule has 2 heterocycles. The molecule has 0 saturated carbocycles. The molecule has 1 saturated heterocycles. The summed E-state index contributed by atoms with van der Waals surface area (Å²) >= 11 is 0. The number of hydrogen-bond acceptors (Lipinski definition) is 4. The van der Waals surface area contributed by atoms with Crippen molar-refractivity contribution in [1.29, 1.82) is 0 Å². The van der Waals surface area contributed by atoms with Gasteiger partial charge in [-0.15, -0.1) is 0 Å². The lowest BCUT2D eigenvalue weighted by atomic mass is 9.80. The molecule has 3 aliphatic rings. The first-order valence-corrected chi connectivity index (χ1v) is 12.2. The van der Waals surface area contributed by atoms with Crippen molar-refractivity contribution in [2.24, 2.45) is 11.8 Å². The second-order valence-corrected chi connectivity index (χ2v) is 9.31. The molecule has 1 fully saturated rings. The quantitative estimate of drug-likeness (QED) is 0.733. The zero-order valence-electron chi connectivity index (χ0n) is 19.0. The molecule has 0 radical (unpaired) electrons. The molecule has 1 aromatic carbocycles. The SMILES string of the molecule is O=C(N[C@@H]1CCCc2ccccc21)C1CC=CCC1C(=O)N1CCN(c2ccccn2)CC1. The Labute approximate surface area is 195 Å². The molecule has 1 aliphatic heterocycles. The normalized spacial score (nSPS) is 24.8. The highest BCUT2D eigenvalue weighted by molar-refractivity contribution is 5.88. The van der Waals surface area contributed by atoms with Crippen LogP contribution in [0, 0.1) is 11.8 Å². The van der Waals surface area contributed by atoms with Crippen molar-refractivity contribution in [3.05, 3.63) is 71.9 Å². The predicted octanol–water partition coefficient (Wildman–Crippen LogP) is 3.51. The number of allylic oxidation sites excluding steroid dienone is 2. The lowest BCUT2D eigenvalue weighted by Crippen LogP contribution is -2.52. The van der Waals surface area contributed by atoms with Crippen LogP contribution in [-0.2, 0) is 16.0 Å². The summed E-state index contributed by atoms with van der Waals surface area (Å²) < 4.78 is 0. The molecular weight excluding hydrogens is 412 g/mol. The Morgan fingerprint density at radius 2 is 1.67 bits per heavy atom. The molecule has 2 aliphatic carbocycles. The minimum Gasteiger partial charge on any atom is -0.353 e. The Morgan fingerprint density at radius 1 is 0.909 bits per heavy atom. The van der Waals surface area contributed by atoms with Gasteiger partial charge in [0.2, 0.25) is 11.8 Å². The molecule has 33 heavy (non-hydrogen) atoms. The number of fused-ring (bicyclic) bond motifs is 1. The number of nitrogens with one attached hydrogen (secondary N) is 1. The van der Waals surface area contributed by atoms with Gasteiger partial charge in [-0.2, -0.15) is 0 Å². The van der Waals surface area contributed by atoms with Crippen LogP contribution in [0.4, 0.5) is 5.82 Å². The number of aromatic nitrogens is 1. The number of benzene rings is 1. The molecule has 3 atom stereocenters. The van der Waals surface area contributed by atoms with Crippen molar-refractivity contribution in [1.82, 2.24) is 15.2 Å². The van der Waals surface area contributed by atoms with Gasteiger partial charge in [0.05, 0.1) is 17.9 Å². The third kappa shape index (κ3) is 4.65. The Bertz CT molecular complexity index is 1010. The lowest BCUT2D eigenvalue weighted by molar-refractivity contribution is -0.142. The molecule has 6 nitrogen and oxygen atoms in total. The van der Waals surface area contributed by atoms with Crippen molar-refractivity contribution >= 4 is 17.6 Å². The second-order valence-electron chi connectivity index (χ2n) is 9.31.